The molecule has 3 aromatic rings. The number of amides is 1. The van der Waals surface area contributed by atoms with Crippen molar-refractivity contribution >= 4 is 11.6 Å². The molecule has 0 spiro atoms. The van der Waals surface area contributed by atoms with Gasteiger partial charge >= 0.3 is 0 Å². The highest BCUT2D eigenvalue weighted by Crippen LogP contribution is 2.23. The van der Waals surface area contributed by atoms with Crippen LogP contribution in [0.2, 0.25) is 0 Å². The number of aryl methyl sites for hydroxylation is 1. The van der Waals surface area contributed by atoms with Gasteiger partial charge in [-0.15, -0.1) is 0 Å². The highest BCUT2D eigenvalue weighted by Gasteiger charge is 2.05. The highest BCUT2D eigenvalue weighted by molar-refractivity contribution is 5.91. The molecular formula is C18H17N3O3. The minimum atomic E-state index is -0.243. The van der Waals surface area contributed by atoms with Crippen LogP contribution in [0.3, 0.4) is 0 Å². The van der Waals surface area contributed by atoms with Gasteiger partial charge in [0.25, 0.3) is 5.91 Å². The van der Waals surface area contributed by atoms with Gasteiger partial charge in [-0.2, -0.15) is 5.10 Å². The van der Waals surface area contributed by atoms with Crippen molar-refractivity contribution in [3.63, 3.8) is 0 Å². The van der Waals surface area contributed by atoms with E-state index in [1.165, 1.54) is 0 Å². The fraction of sp³-hybridized carbons (Fsp3) is 0.111. The van der Waals surface area contributed by atoms with Crippen LogP contribution < -0.4 is 14.8 Å². The van der Waals surface area contributed by atoms with Gasteiger partial charge in [0, 0.05) is 13.2 Å². The summed E-state index contributed by atoms with van der Waals surface area (Å²) in [5, 5.41) is 6.68. The number of benzene rings is 2. The van der Waals surface area contributed by atoms with Gasteiger partial charge in [0.05, 0.1) is 11.9 Å². The van der Waals surface area contributed by atoms with Crippen molar-refractivity contribution in [2.24, 2.45) is 7.05 Å². The molecule has 6 nitrogen and oxygen atoms in total. The van der Waals surface area contributed by atoms with Gasteiger partial charge in [0.2, 0.25) is 0 Å². The zero-order valence-electron chi connectivity index (χ0n) is 13.2. The summed E-state index contributed by atoms with van der Waals surface area (Å²) < 4.78 is 12.8. The Balaban J connectivity index is 1.50. The first-order chi connectivity index (χ1) is 11.7. The Kier molecular flexibility index (Phi) is 4.76. The van der Waals surface area contributed by atoms with Crippen LogP contribution >= 0.6 is 0 Å². The first-order valence-electron chi connectivity index (χ1n) is 7.43. The molecule has 0 unspecified atom stereocenters. The maximum absolute atomic E-state index is 11.8. The standard InChI is InChI=1S/C18H17N3O3/c1-21-12-14(11-19-21)20-18(22)13-23-15-7-9-17(10-8-15)24-16-5-3-2-4-6-16/h2-12H,13H2,1H3,(H,20,22). The molecule has 0 aliphatic rings. The summed E-state index contributed by atoms with van der Waals surface area (Å²) >= 11 is 0. The number of aromatic nitrogens is 2. The first kappa shape index (κ1) is 15.6. The molecule has 0 radical (unpaired) electrons. The third-order valence-corrected chi connectivity index (χ3v) is 3.16. The maximum atomic E-state index is 11.8. The molecule has 1 amide bonds. The maximum Gasteiger partial charge on any atom is 0.262 e. The van der Waals surface area contributed by atoms with E-state index in [1.54, 1.807) is 48.4 Å². The Labute approximate surface area is 139 Å². The molecule has 1 heterocycles. The van der Waals surface area contributed by atoms with E-state index in [-0.39, 0.29) is 12.5 Å². The van der Waals surface area contributed by atoms with Crippen molar-refractivity contribution < 1.29 is 14.3 Å². The monoisotopic (exact) mass is 323 g/mol. The van der Waals surface area contributed by atoms with Crippen LogP contribution in [0.5, 0.6) is 17.2 Å². The molecule has 0 saturated carbocycles. The first-order valence-corrected chi connectivity index (χ1v) is 7.43. The van der Waals surface area contributed by atoms with E-state index in [1.807, 2.05) is 30.3 Å². The van der Waals surface area contributed by atoms with Gasteiger partial charge in [-0.1, -0.05) is 18.2 Å². The molecule has 24 heavy (non-hydrogen) atoms. The van der Waals surface area contributed by atoms with Crippen LogP contribution in [0.15, 0.2) is 67.0 Å². The second-order valence-electron chi connectivity index (χ2n) is 5.13. The summed E-state index contributed by atoms with van der Waals surface area (Å²) in [6, 6.07) is 16.6. The third kappa shape index (κ3) is 4.36. The number of rotatable bonds is 6. The number of hydrogen-bond acceptors (Lipinski definition) is 4. The Morgan fingerprint density at radius 2 is 1.71 bits per heavy atom. The number of nitrogens with zero attached hydrogens (tertiary/aromatic N) is 2. The van der Waals surface area contributed by atoms with E-state index < -0.39 is 0 Å². The summed E-state index contributed by atoms with van der Waals surface area (Å²) in [6.07, 6.45) is 3.29. The third-order valence-electron chi connectivity index (χ3n) is 3.16. The van der Waals surface area contributed by atoms with Gasteiger partial charge in [0.15, 0.2) is 6.61 Å². The summed E-state index contributed by atoms with van der Waals surface area (Å²) in [5.74, 6) is 1.82. The second kappa shape index (κ2) is 7.32. The lowest BCUT2D eigenvalue weighted by Gasteiger charge is -2.08. The van der Waals surface area contributed by atoms with E-state index in [4.69, 9.17) is 9.47 Å². The summed E-state index contributed by atoms with van der Waals surface area (Å²) in [6.45, 7) is -0.0756. The largest absolute Gasteiger partial charge is 0.484 e. The van der Waals surface area contributed by atoms with Crippen molar-refractivity contribution in [1.29, 1.82) is 0 Å². The van der Waals surface area contributed by atoms with Crippen molar-refractivity contribution in [2.45, 2.75) is 0 Å². The number of anilines is 1. The van der Waals surface area contributed by atoms with Crippen LogP contribution in [-0.2, 0) is 11.8 Å². The van der Waals surface area contributed by atoms with Crippen LogP contribution in [0, 0.1) is 0 Å². The quantitative estimate of drug-likeness (QED) is 0.756. The lowest BCUT2D eigenvalue weighted by atomic mass is 10.3. The minimum Gasteiger partial charge on any atom is -0.484 e. The number of para-hydroxylation sites is 1. The van der Waals surface area contributed by atoms with Gasteiger partial charge in [0.1, 0.15) is 17.2 Å². The summed E-state index contributed by atoms with van der Waals surface area (Å²) in [7, 11) is 1.78. The number of carbonyl (C=O) groups excluding carboxylic acids is 1. The molecule has 0 fully saturated rings. The molecule has 0 bridgehead atoms. The number of carbonyl (C=O) groups is 1. The molecule has 0 saturated heterocycles. The topological polar surface area (TPSA) is 65.4 Å². The average molecular weight is 323 g/mol. The molecule has 122 valence electrons. The van der Waals surface area contributed by atoms with E-state index in [0.29, 0.717) is 17.2 Å². The van der Waals surface area contributed by atoms with Gasteiger partial charge < -0.3 is 14.8 Å². The normalized spacial score (nSPS) is 10.2. The lowest BCUT2D eigenvalue weighted by Crippen LogP contribution is -2.19. The number of nitrogens with one attached hydrogen (secondary N) is 1. The van der Waals surface area contributed by atoms with Crippen LogP contribution in [-0.4, -0.2) is 22.3 Å². The molecular weight excluding hydrogens is 306 g/mol. The average Bonchev–Trinajstić information content (AvgIpc) is 3.00. The Hall–Kier alpha value is -3.28. The zero-order chi connectivity index (χ0) is 16.8. The molecule has 0 aliphatic heterocycles. The summed E-state index contributed by atoms with van der Waals surface area (Å²) in [4.78, 5) is 11.8. The zero-order valence-corrected chi connectivity index (χ0v) is 13.2. The Morgan fingerprint density at radius 3 is 2.38 bits per heavy atom. The highest BCUT2D eigenvalue weighted by atomic mass is 16.5. The molecule has 1 aromatic heterocycles. The van der Waals surface area contributed by atoms with Gasteiger partial charge in [-0.3, -0.25) is 9.48 Å². The van der Waals surface area contributed by atoms with E-state index in [2.05, 4.69) is 10.4 Å². The predicted molar refractivity (Wildman–Crippen MR) is 90.3 cm³/mol. The van der Waals surface area contributed by atoms with Crippen molar-refractivity contribution in [3.05, 3.63) is 67.0 Å². The van der Waals surface area contributed by atoms with Crippen molar-refractivity contribution in [1.82, 2.24) is 9.78 Å². The smallest absolute Gasteiger partial charge is 0.262 e. The summed E-state index contributed by atoms with van der Waals surface area (Å²) in [5.41, 5.74) is 0.637. The van der Waals surface area contributed by atoms with Crippen molar-refractivity contribution in [2.75, 3.05) is 11.9 Å². The fourth-order valence-electron chi connectivity index (χ4n) is 2.06. The Bertz CT molecular complexity index is 798. The molecule has 6 heteroatoms. The van der Waals surface area contributed by atoms with E-state index in [9.17, 15) is 4.79 Å². The fourth-order valence-corrected chi connectivity index (χ4v) is 2.06. The van der Waals surface area contributed by atoms with Gasteiger partial charge in [-0.05, 0) is 36.4 Å². The molecule has 1 N–H and O–H groups in total. The Morgan fingerprint density at radius 1 is 1.04 bits per heavy atom. The van der Waals surface area contributed by atoms with E-state index in [0.717, 1.165) is 5.75 Å². The lowest BCUT2D eigenvalue weighted by molar-refractivity contribution is -0.118. The molecule has 0 atom stereocenters. The SMILES string of the molecule is Cn1cc(NC(=O)COc2ccc(Oc3ccccc3)cc2)cn1. The number of ether oxygens (including phenoxy) is 2. The molecule has 3 rings (SSSR count). The molecule has 2 aromatic carbocycles. The molecule has 0 aliphatic carbocycles. The second-order valence-corrected chi connectivity index (χ2v) is 5.13. The number of hydrogen-bond donors (Lipinski definition) is 1. The van der Waals surface area contributed by atoms with Crippen LogP contribution in [0.25, 0.3) is 0 Å². The van der Waals surface area contributed by atoms with Gasteiger partial charge in [-0.25, -0.2) is 0 Å². The van der Waals surface area contributed by atoms with Crippen molar-refractivity contribution in [3.8, 4) is 17.2 Å². The van der Waals surface area contributed by atoms with Crippen LogP contribution in [0.4, 0.5) is 5.69 Å². The predicted octanol–water partition coefficient (Wildman–Crippen LogP) is 3.23. The van der Waals surface area contributed by atoms with Crippen LogP contribution in [0.1, 0.15) is 0 Å². The minimum absolute atomic E-state index is 0.0756. The van der Waals surface area contributed by atoms with E-state index >= 15 is 0 Å².